The van der Waals surface area contributed by atoms with E-state index in [2.05, 4.69) is 36.8 Å². The highest BCUT2D eigenvalue weighted by Crippen LogP contribution is 2.21. The standard InChI is InChI=1S/C19H33N3O2/c1-5-9-21(10-6-2)19(23)15-20-11-7-18(8-12-20)22-13-16(3)24-17(4)14-22/h5-6,16-18H,1-2,7-15H2,3-4H3/t16-,17+. The summed E-state index contributed by atoms with van der Waals surface area (Å²) in [6, 6.07) is 0.627. The lowest BCUT2D eigenvalue weighted by Crippen LogP contribution is -2.54. The molecule has 2 heterocycles. The lowest BCUT2D eigenvalue weighted by Gasteiger charge is -2.43. The molecular formula is C19H33N3O2. The molecule has 24 heavy (non-hydrogen) atoms. The summed E-state index contributed by atoms with van der Waals surface area (Å²) in [5.74, 6) is 0.168. The molecule has 2 atom stereocenters. The van der Waals surface area contributed by atoms with Gasteiger partial charge in [0.25, 0.3) is 0 Å². The van der Waals surface area contributed by atoms with Crippen molar-refractivity contribution in [2.24, 2.45) is 0 Å². The first-order chi connectivity index (χ1) is 11.5. The molecule has 2 fully saturated rings. The van der Waals surface area contributed by atoms with E-state index >= 15 is 0 Å². The molecule has 2 saturated heterocycles. The van der Waals surface area contributed by atoms with Crippen molar-refractivity contribution in [2.45, 2.75) is 44.9 Å². The minimum absolute atomic E-state index is 0.168. The molecule has 0 saturated carbocycles. The summed E-state index contributed by atoms with van der Waals surface area (Å²) in [4.78, 5) is 19.1. The number of ether oxygens (including phenoxy) is 1. The summed E-state index contributed by atoms with van der Waals surface area (Å²) in [5, 5.41) is 0. The molecule has 2 aliphatic heterocycles. The van der Waals surface area contributed by atoms with Gasteiger partial charge in [0.2, 0.25) is 5.91 Å². The highest BCUT2D eigenvalue weighted by atomic mass is 16.5. The van der Waals surface area contributed by atoms with Crippen LogP contribution in [-0.4, -0.2) is 84.7 Å². The van der Waals surface area contributed by atoms with Gasteiger partial charge in [-0.15, -0.1) is 13.2 Å². The summed E-state index contributed by atoms with van der Waals surface area (Å²) < 4.78 is 5.83. The quantitative estimate of drug-likeness (QED) is 0.664. The van der Waals surface area contributed by atoms with Gasteiger partial charge in [-0.05, 0) is 26.7 Å². The van der Waals surface area contributed by atoms with Crippen LogP contribution in [0.3, 0.4) is 0 Å². The van der Waals surface area contributed by atoms with Crippen LogP contribution < -0.4 is 0 Å². The highest BCUT2D eigenvalue weighted by Gasteiger charge is 2.31. The number of morpholine rings is 1. The van der Waals surface area contributed by atoms with Crippen molar-refractivity contribution in [2.75, 3.05) is 45.8 Å². The number of amides is 1. The Morgan fingerprint density at radius 2 is 1.67 bits per heavy atom. The van der Waals surface area contributed by atoms with Gasteiger partial charge in [-0.25, -0.2) is 0 Å². The van der Waals surface area contributed by atoms with Gasteiger partial charge in [0.05, 0.1) is 18.8 Å². The Hall–Kier alpha value is -1.17. The SMILES string of the molecule is C=CCN(CC=C)C(=O)CN1CCC(N2C[C@@H](C)O[C@@H](C)C2)CC1. The zero-order chi connectivity index (χ0) is 17.5. The van der Waals surface area contributed by atoms with E-state index in [1.807, 2.05) is 0 Å². The van der Waals surface area contributed by atoms with Crippen LogP contribution in [0.4, 0.5) is 0 Å². The summed E-state index contributed by atoms with van der Waals surface area (Å²) in [5.41, 5.74) is 0. The zero-order valence-corrected chi connectivity index (χ0v) is 15.3. The van der Waals surface area contributed by atoms with E-state index in [1.54, 1.807) is 17.1 Å². The Balaban J connectivity index is 1.78. The number of carbonyl (C=O) groups excluding carboxylic acids is 1. The summed E-state index contributed by atoms with van der Waals surface area (Å²) in [6.07, 6.45) is 6.45. The number of likely N-dealkylation sites (tertiary alicyclic amines) is 1. The number of hydrogen-bond donors (Lipinski definition) is 0. The van der Waals surface area contributed by atoms with Crippen LogP contribution in [0.2, 0.25) is 0 Å². The molecule has 0 radical (unpaired) electrons. The molecule has 1 amide bonds. The first kappa shape index (κ1) is 19.2. The fraction of sp³-hybridized carbons (Fsp3) is 0.737. The smallest absolute Gasteiger partial charge is 0.237 e. The van der Waals surface area contributed by atoms with Gasteiger partial charge in [-0.1, -0.05) is 12.2 Å². The fourth-order valence-corrected chi connectivity index (χ4v) is 3.84. The second kappa shape index (κ2) is 9.35. The second-order valence-corrected chi connectivity index (χ2v) is 7.09. The molecule has 0 unspecified atom stereocenters. The van der Waals surface area contributed by atoms with Gasteiger partial charge in [-0.3, -0.25) is 14.6 Å². The monoisotopic (exact) mass is 335 g/mol. The van der Waals surface area contributed by atoms with E-state index in [0.29, 0.717) is 37.9 Å². The molecule has 0 aromatic heterocycles. The molecule has 0 N–H and O–H groups in total. The number of piperidine rings is 1. The maximum absolute atomic E-state index is 12.4. The van der Waals surface area contributed by atoms with Gasteiger partial charge in [0.1, 0.15) is 0 Å². The summed E-state index contributed by atoms with van der Waals surface area (Å²) in [6.45, 7) is 17.5. The van der Waals surface area contributed by atoms with Crippen LogP contribution in [0.15, 0.2) is 25.3 Å². The maximum atomic E-state index is 12.4. The van der Waals surface area contributed by atoms with E-state index in [0.717, 1.165) is 39.0 Å². The summed E-state index contributed by atoms with van der Waals surface area (Å²) >= 11 is 0. The van der Waals surface area contributed by atoms with Crippen LogP contribution in [0.1, 0.15) is 26.7 Å². The molecule has 2 rings (SSSR count). The van der Waals surface area contributed by atoms with Gasteiger partial charge in [0, 0.05) is 45.3 Å². The van der Waals surface area contributed by atoms with Gasteiger partial charge >= 0.3 is 0 Å². The number of carbonyl (C=O) groups is 1. The van der Waals surface area contributed by atoms with Crippen LogP contribution in [-0.2, 0) is 9.53 Å². The van der Waals surface area contributed by atoms with Crippen LogP contribution in [0, 0.1) is 0 Å². The topological polar surface area (TPSA) is 36.0 Å². The molecule has 0 aromatic rings. The third-order valence-electron chi connectivity index (χ3n) is 4.93. The van der Waals surface area contributed by atoms with Crippen LogP contribution in [0.5, 0.6) is 0 Å². The number of nitrogens with zero attached hydrogens (tertiary/aromatic N) is 3. The minimum Gasteiger partial charge on any atom is -0.373 e. The molecule has 2 aliphatic rings. The first-order valence-electron chi connectivity index (χ1n) is 9.15. The predicted octanol–water partition coefficient (Wildman–Crippen LogP) is 1.76. The molecule has 0 bridgehead atoms. The average molecular weight is 335 g/mol. The van der Waals surface area contributed by atoms with Crippen LogP contribution >= 0.6 is 0 Å². The second-order valence-electron chi connectivity index (χ2n) is 7.09. The average Bonchev–Trinajstić information content (AvgIpc) is 2.54. The van der Waals surface area contributed by atoms with Crippen molar-refractivity contribution >= 4 is 5.91 Å². The highest BCUT2D eigenvalue weighted by molar-refractivity contribution is 5.78. The Morgan fingerprint density at radius 1 is 1.12 bits per heavy atom. The van der Waals surface area contributed by atoms with Gasteiger partial charge in [-0.2, -0.15) is 0 Å². The van der Waals surface area contributed by atoms with E-state index in [9.17, 15) is 4.79 Å². The van der Waals surface area contributed by atoms with Crippen LogP contribution in [0.25, 0.3) is 0 Å². The Labute approximate surface area is 146 Å². The van der Waals surface area contributed by atoms with Crippen molar-refractivity contribution in [3.05, 3.63) is 25.3 Å². The van der Waals surface area contributed by atoms with E-state index in [1.165, 1.54) is 0 Å². The summed E-state index contributed by atoms with van der Waals surface area (Å²) in [7, 11) is 0. The molecule has 5 nitrogen and oxygen atoms in total. The van der Waals surface area contributed by atoms with Gasteiger partial charge in [0.15, 0.2) is 0 Å². The van der Waals surface area contributed by atoms with Crippen molar-refractivity contribution in [3.8, 4) is 0 Å². The maximum Gasteiger partial charge on any atom is 0.237 e. The molecule has 5 heteroatoms. The van der Waals surface area contributed by atoms with E-state index in [-0.39, 0.29) is 5.91 Å². The van der Waals surface area contributed by atoms with Crippen molar-refractivity contribution in [1.82, 2.24) is 14.7 Å². The van der Waals surface area contributed by atoms with Gasteiger partial charge < -0.3 is 9.64 Å². The fourth-order valence-electron chi connectivity index (χ4n) is 3.84. The first-order valence-corrected chi connectivity index (χ1v) is 9.15. The molecule has 0 aliphatic carbocycles. The van der Waals surface area contributed by atoms with E-state index in [4.69, 9.17) is 4.74 Å². The number of hydrogen-bond acceptors (Lipinski definition) is 4. The third kappa shape index (κ3) is 5.43. The third-order valence-corrected chi connectivity index (χ3v) is 4.93. The normalized spacial score (nSPS) is 26.9. The lowest BCUT2D eigenvalue weighted by molar-refractivity contribution is -0.132. The Bertz CT molecular complexity index is 412. The Morgan fingerprint density at radius 3 is 2.17 bits per heavy atom. The molecule has 0 spiro atoms. The molecular weight excluding hydrogens is 302 g/mol. The number of rotatable bonds is 7. The molecule has 0 aromatic carbocycles. The minimum atomic E-state index is 0.168. The van der Waals surface area contributed by atoms with Crippen molar-refractivity contribution < 1.29 is 9.53 Å². The predicted molar refractivity (Wildman–Crippen MR) is 98.0 cm³/mol. The van der Waals surface area contributed by atoms with Crippen molar-refractivity contribution in [3.63, 3.8) is 0 Å². The van der Waals surface area contributed by atoms with E-state index < -0.39 is 0 Å². The van der Waals surface area contributed by atoms with Crippen molar-refractivity contribution in [1.29, 1.82) is 0 Å². The Kier molecular flexibility index (Phi) is 7.46. The largest absolute Gasteiger partial charge is 0.373 e. The molecule has 136 valence electrons. The zero-order valence-electron chi connectivity index (χ0n) is 15.3. The lowest BCUT2D eigenvalue weighted by atomic mass is 10.0.